The van der Waals surface area contributed by atoms with Crippen LogP contribution in [0.15, 0.2) is 60.8 Å². The topological polar surface area (TPSA) is 92.7 Å². The molecule has 2 N–H and O–H groups in total. The van der Waals surface area contributed by atoms with Gasteiger partial charge >= 0.3 is 11.9 Å². The Morgan fingerprint density at radius 2 is 1.13 bits per heavy atom. The first kappa shape index (κ1) is 43.1. The van der Waals surface area contributed by atoms with Crippen molar-refractivity contribution in [3.05, 3.63) is 60.8 Å². The quantitative estimate of drug-likeness (QED) is 0.0433. The second-order valence-corrected chi connectivity index (χ2v) is 12.1. The molecular formula is C40H67NO5. The van der Waals surface area contributed by atoms with Crippen LogP contribution in [0.4, 0.5) is 0 Å². The van der Waals surface area contributed by atoms with Crippen molar-refractivity contribution in [3.8, 4) is 0 Å². The van der Waals surface area contributed by atoms with Crippen molar-refractivity contribution in [3.63, 3.8) is 0 Å². The summed E-state index contributed by atoms with van der Waals surface area (Å²) in [6.07, 6.45) is 44.9. The Morgan fingerprint density at radius 1 is 0.609 bits per heavy atom. The maximum atomic E-state index is 12.6. The molecule has 0 saturated carbocycles. The lowest BCUT2D eigenvalue weighted by Crippen LogP contribution is -2.28. The van der Waals surface area contributed by atoms with E-state index in [2.05, 4.69) is 79.9 Å². The summed E-state index contributed by atoms with van der Waals surface area (Å²) in [6, 6.07) is 0. The van der Waals surface area contributed by atoms with E-state index in [-0.39, 0.29) is 24.5 Å². The molecular weight excluding hydrogens is 574 g/mol. The van der Waals surface area contributed by atoms with E-state index in [0.29, 0.717) is 12.8 Å². The van der Waals surface area contributed by atoms with Crippen LogP contribution in [0, 0.1) is 0 Å². The minimum Gasteiger partial charge on any atom is -0.480 e. The number of hydrogen-bond acceptors (Lipinski definition) is 4. The maximum Gasteiger partial charge on any atom is 0.322 e. The summed E-state index contributed by atoms with van der Waals surface area (Å²) in [5.74, 6) is -1.36. The zero-order valence-electron chi connectivity index (χ0n) is 29.4. The van der Waals surface area contributed by atoms with Gasteiger partial charge in [0.25, 0.3) is 0 Å². The largest absolute Gasteiger partial charge is 0.480 e. The van der Waals surface area contributed by atoms with Gasteiger partial charge in [0.15, 0.2) is 0 Å². The summed E-state index contributed by atoms with van der Waals surface area (Å²) in [5.41, 5.74) is 0. The predicted molar refractivity (Wildman–Crippen MR) is 194 cm³/mol. The van der Waals surface area contributed by atoms with Crippen LogP contribution in [-0.4, -0.2) is 35.6 Å². The lowest BCUT2D eigenvalue weighted by molar-refractivity contribution is -0.147. The number of esters is 1. The minimum atomic E-state index is -1.03. The third kappa shape index (κ3) is 34.0. The number of carboxylic acids is 1. The van der Waals surface area contributed by atoms with Crippen LogP contribution >= 0.6 is 0 Å². The summed E-state index contributed by atoms with van der Waals surface area (Å²) >= 11 is 0. The fraction of sp³-hybridized carbons (Fsp3) is 0.675. The average molecular weight is 642 g/mol. The molecule has 0 aliphatic carbocycles. The second kappa shape index (κ2) is 35.0. The molecule has 0 aromatic heterocycles. The highest BCUT2D eigenvalue weighted by molar-refractivity contribution is 5.80. The van der Waals surface area contributed by atoms with Crippen LogP contribution in [0.1, 0.15) is 162 Å². The highest BCUT2D eigenvalue weighted by Crippen LogP contribution is 2.15. The SMILES string of the molecule is CC/C=C\C/C=C\C/C=C\C/C=C\CCCCCCC(=O)OC(/C=C\CCCCCCCC)CCCCCCC(=O)NCC(=O)O. The van der Waals surface area contributed by atoms with Gasteiger partial charge < -0.3 is 15.2 Å². The van der Waals surface area contributed by atoms with E-state index >= 15 is 0 Å². The summed E-state index contributed by atoms with van der Waals surface area (Å²) in [5, 5.41) is 11.0. The third-order valence-corrected chi connectivity index (χ3v) is 7.66. The summed E-state index contributed by atoms with van der Waals surface area (Å²) in [4.78, 5) is 34.8. The minimum absolute atomic E-state index is 0.108. The molecule has 0 aromatic rings. The molecule has 0 bridgehead atoms. The van der Waals surface area contributed by atoms with E-state index in [1.165, 1.54) is 38.5 Å². The van der Waals surface area contributed by atoms with Crippen LogP contribution in [0.5, 0.6) is 0 Å². The molecule has 6 nitrogen and oxygen atoms in total. The number of carboxylic acid groups (broad SMARTS) is 1. The third-order valence-electron chi connectivity index (χ3n) is 7.66. The smallest absolute Gasteiger partial charge is 0.322 e. The number of unbranched alkanes of at least 4 members (excludes halogenated alkanes) is 13. The van der Waals surface area contributed by atoms with Gasteiger partial charge in [0, 0.05) is 12.8 Å². The van der Waals surface area contributed by atoms with Crippen molar-refractivity contribution in [1.82, 2.24) is 5.32 Å². The fourth-order valence-electron chi connectivity index (χ4n) is 4.94. The van der Waals surface area contributed by atoms with E-state index in [1.54, 1.807) is 0 Å². The van der Waals surface area contributed by atoms with Gasteiger partial charge in [-0.1, -0.05) is 126 Å². The first-order chi connectivity index (χ1) is 22.5. The Labute approximate surface area is 281 Å². The number of aliphatic carboxylic acids is 1. The van der Waals surface area contributed by atoms with Crippen molar-refractivity contribution in [2.75, 3.05) is 6.54 Å². The first-order valence-electron chi connectivity index (χ1n) is 18.4. The number of amides is 1. The molecule has 46 heavy (non-hydrogen) atoms. The number of hydrogen-bond donors (Lipinski definition) is 2. The summed E-state index contributed by atoms with van der Waals surface area (Å²) in [6.45, 7) is 4.06. The van der Waals surface area contributed by atoms with Gasteiger partial charge in [-0.2, -0.15) is 0 Å². The maximum absolute atomic E-state index is 12.6. The number of carbonyl (C=O) groups excluding carboxylic acids is 2. The van der Waals surface area contributed by atoms with E-state index < -0.39 is 5.97 Å². The van der Waals surface area contributed by atoms with E-state index in [0.717, 1.165) is 96.3 Å². The molecule has 0 saturated heterocycles. The molecule has 0 fully saturated rings. The Morgan fingerprint density at radius 3 is 1.76 bits per heavy atom. The molecule has 1 unspecified atom stereocenters. The van der Waals surface area contributed by atoms with Gasteiger partial charge in [0.1, 0.15) is 12.6 Å². The van der Waals surface area contributed by atoms with Gasteiger partial charge in [-0.25, -0.2) is 0 Å². The standard InChI is InChI=1S/C40H67NO5/c1-3-5-7-9-11-13-14-15-16-17-18-19-20-21-23-25-31-35-40(45)46-37(32-28-24-22-12-10-8-6-4-2)33-29-26-27-30-34-38(42)41-36-39(43)44/h5,7,11,13,15-16,18-19,28,32,37H,3-4,6,8-10,12,14,17,20-27,29-31,33-36H2,1-2H3,(H,41,42)(H,43,44)/b7-5-,13-11-,16-15-,19-18-,32-28-. The first-order valence-corrected chi connectivity index (χ1v) is 18.4. The Hall–Kier alpha value is -2.89. The molecule has 1 amide bonds. The van der Waals surface area contributed by atoms with Gasteiger partial charge in [0.05, 0.1) is 0 Å². The molecule has 0 radical (unpaired) electrons. The molecule has 262 valence electrons. The Bertz CT molecular complexity index is 886. The second-order valence-electron chi connectivity index (χ2n) is 12.1. The van der Waals surface area contributed by atoms with Crippen LogP contribution in [0.25, 0.3) is 0 Å². The Kier molecular flexibility index (Phi) is 32.8. The van der Waals surface area contributed by atoms with Gasteiger partial charge in [0.2, 0.25) is 5.91 Å². The molecule has 0 aliphatic rings. The molecule has 0 spiro atoms. The summed E-state index contributed by atoms with van der Waals surface area (Å²) in [7, 11) is 0. The van der Waals surface area contributed by atoms with E-state index in [9.17, 15) is 14.4 Å². The summed E-state index contributed by atoms with van der Waals surface area (Å²) < 4.78 is 5.87. The van der Waals surface area contributed by atoms with Crippen LogP contribution in [0.2, 0.25) is 0 Å². The molecule has 6 heteroatoms. The number of rotatable bonds is 32. The normalized spacial score (nSPS) is 12.7. The molecule has 0 rings (SSSR count). The van der Waals surface area contributed by atoms with Crippen molar-refractivity contribution in [2.45, 2.75) is 168 Å². The van der Waals surface area contributed by atoms with Crippen molar-refractivity contribution >= 4 is 17.8 Å². The highest BCUT2D eigenvalue weighted by Gasteiger charge is 2.12. The van der Waals surface area contributed by atoms with Crippen LogP contribution < -0.4 is 5.32 Å². The van der Waals surface area contributed by atoms with Crippen molar-refractivity contribution in [2.24, 2.45) is 0 Å². The van der Waals surface area contributed by atoms with Crippen LogP contribution in [-0.2, 0) is 19.1 Å². The van der Waals surface area contributed by atoms with Crippen LogP contribution in [0.3, 0.4) is 0 Å². The van der Waals surface area contributed by atoms with E-state index in [1.807, 2.05) is 0 Å². The van der Waals surface area contributed by atoms with Gasteiger partial charge in [-0.15, -0.1) is 0 Å². The number of ether oxygens (including phenoxy) is 1. The zero-order valence-corrected chi connectivity index (χ0v) is 29.4. The monoisotopic (exact) mass is 642 g/mol. The van der Waals surface area contributed by atoms with Crippen molar-refractivity contribution < 1.29 is 24.2 Å². The molecule has 1 atom stereocenters. The van der Waals surface area contributed by atoms with Gasteiger partial charge in [-0.05, 0) is 83.1 Å². The fourth-order valence-corrected chi connectivity index (χ4v) is 4.94. The average Bonchev–Trinajstić information content (AvgIpc) is 3.04. The number of nitrogens with one attached hydrogen (secondary N) is 1. The molecule has 0 heterocycles. The Balaban J connectivity index is 4.21. The lowest BCUT2D eigenvalue weighted by atomic mass is 10.1. The van der Waals surface area contributed by atoms with Gasteiger partial charge in [-0.3, -0.25) is 14.4 Å². The molecule has 0 aromatic carbocycles. The zero-order chi connectivity index (χ0) is 33.8. The van der Waals surface area contributed by atoms with Crippen molar-refractivity contribution in [1.29, 1.82) is 0 Å². The number of carbonyl (C=O) groups is 3. The molecule has 0 aliphatic heterocycles. The van der Waals surface area contributed by atoms with E-state index in [4.69, 9.17) is 9.84 Å². The lowest BCUT2D eigenvalue weighted by Gasteiger charge is -2.15. The predicted octanol–water partition coefficient (Wildman–Crippen LogP) is 10.9. The number of allylic oxidation sites excluding steroid dienone is 9. The highest BCUT2D eigenvalue weighted by atomic mass is 16.5.